The summed E-state index contributed by atoms with van der Waals surface area (Å²) in [6.45, 7) is 0. The maximum Gasteiger partial charge on any atom is 0.416 e. The molecule has 4 nitrogen and oxygen atoms in total. The number of fused-ring (bicyclic) bond motifs is 3. The third-order valence-corrected chi connectivity index (χ3v) is 5.78. The van der Waals surface area contributed by atoms with Crippen molar-refractivity contribution in [3.63, 3.8) is 0 Å². The highest BCUT2D eigenvalue weighted by molar-refractivity contribution is 5.28. The SMILES string of the molecule is COC1O[C@@]2(c3ccc(C(F)(F)F)cc3)CC[C@H]3CCCC[C@@]13OO2. The monoisotopic (exact) mass is 358 g/mol. The zero-order valence-electron chi connectivity index (χ0n) is 14.0. The van der Waals surface area contributed by atoms with Gasteiger partial charge < -0.3 is 9.47 Å². The van der Waals surface area contributed by atoms with E-state index in [9.17, 15) is 13.2 Å². The van der Waals surface area contributed by atoms with Crippen molar-refractivity contribution < 1.29 is 32.4 Å². The van der Waals surface area contributed by atoms with E-state index in [-0.39, 0.29) is 5.92 Å². The van der Waals surface area contributed by atoms with E-state index < -0.39 is 29.4 Å². The lowest BCUT2D eigenvalue weighted by Gasteiger charge is -2.49. The van der Waals surface area contributed by atoms with E-state index in [0.29, 0.717) is 12.0 Å². The van der Waals surface area contributed by atoms with Crippen molar-refractivity contribution in [1.29, 1.82) is 0 Å². The van der Waals surface area contributed by atoms with E-state index in [1.807, 2.05) is 0 Å². The third kappa shape index (κ3) is 2.68. The van der Waals surface area contributed by atoms with Gasteiger partial charge in [-0.1, -0.05) is 25.0 Å². The summed E-state index contributed by atoms with van der Waals surface area (Å²) in [5.74, 6) is -0.974. The van der Waals surface area contributed by atoms with Crippen molar-refractivity contribution in [2.45, 2.75) is 62.4 Å². The summed E-state index contributed by atoms with van der Waals surface area (Å²) in [5, 5.41) is 0. The number of ether oxygens (including phenoxy) is 2. The van der Waals surface area contributed by atoms with E-state index in [2.05, 4.69) is 0 Å². The van der Waals surface area contributed by atoms with Crippen LogP contribution >= 0.6 is 0 Å². The number of methoxy groups -OCH3 is 1. The Balaban J connectivity index is 1.68. The van der Waals surface area contributed by atoms with Crippen LogP contribution in [0.4, 0.5) is 13.2 Å². The van der Waals surface area contributed by atoms with Crippen molar-refractivity contribution in [2.24, 2.45) is 5.92 Å². The zero-order chi connectivity index (χ0) is 17.7. The maximum atomic E-state index is 12.8. The van der Waals surface area contributed by atoms with Crippen LogP contribution in [-0.2, 0) is 31.2 Å². The van der Waals surface area contributed by atoms with Crippen LogP contribution in [0.25, 0.3) is 0 Å². The molecule has 1 aliphatic carbocycles. The fraction of sp³-hybridized carbons (Fsp3) is 0.667. The molecular weight excluding hydrogens is 337 g/mol. The van der Waals surface area contributed by atoms with Gasteiger partial charge in [0.05, 0.1) is 5.56 Å². The summed E-state index contributed by atoms with van der Waals surface area (Å²) in [4.78, 5) is 11.6. The number of hydrogen-bond acceptors (Lipinski definition) is 4. The molecule has 0 aromatic heterocycles. The first kappa shape index (κ1) is 17.3. The van der Waals surface area contributed by atoms with Crippen molar-refractivity contribution in [3.8, 4) is 0 Å². The van der Waals surface area contributed by atoms with Gasteiger partial charge in [-0.15, -0.1) is 0 Å². The molecule has 4 fully saturated rings. The van der Waals surface area contributed by atoms with Crippen molar-refractivity contribution in [3.05, 3.63) is 35.4 Å². The van der Waals surface area contributed by atoms with Gasteiger partial charge in [0, 0.05) is 19.1 Å². The number of hydrogen-bond donors (Lipinski definition) is 0. The minimum atomic E-state index is -4.38. The summed E-state index contributed by atoms with van der Waals surface area (Å²) >= 11 is 0. The first-order valence-corrected chi connectivity index (χ1v) is 8.65. The van der Waals surface area contributed by atoms with Crippen LogP contribution in [0.2, 0.25) is 0 Å². The van der Waals surface area contributed by atoms with Gasteiger partial charge >= 0.3 is 6.18 Å². The molecule has 0 N–H and O–H groups in total. The van der Waals surface area contributed by atoms with Gasteiger partial charge in [-0.25, -0.2) is 4.89 Å². The fourth-order valence-corrected chi connectivity index (χ4v) is 4.41. The number of rotatable bonds is 2. The van der Waals surface area contributed by atoms with Gasteiger partial charge in [0.15, 0.2) is 11.9 Å². The quantitative estimate of drug-likeness (QED) is 0.728. The highest BCUT2D eigenvalue weighted by atomic mass is 19.4. The standard InChI is InChI=1S/C18H21F3O4/c1-22-15-16-10-3-2-4-12(16)9-11-17(23-15,25-24-16)13-5-7-14(8-6-13)18(19,20)21/h5-8,12,15H,2-4,9-11H2,1H3/t12-,15?,16+,17+/m1/s1. The highest BCUT2D eigenvalue weighted by Crippen LogP contribution is 2.55. The molecule has 7 heteroatoms. The van der Waals surface area contributed by atoms with Crippen LogP contribution in [0.3, 0.4) is 0 Å². The Morgan fingerprint density at radius 3 is 2.48 bits per heavy atom. The smallest absolute Gasteiger partial charge is 0.353 e. The highest BCUT2D eigenvalue weighted by Gasteiger charge is 2.61. The molecule has 2 bridgehead atoms. The lowest BCUT2D eigenvalue weighted by Crippen LogP contribution is -2.59. The number of halogens is 3. The first-order chi connectivity index (χ1) is 11.9. The molecule has 3 aliphatic heterocycles. The van der Waals surface area contributed by atoms with E-state index in [1.54, 1.807) is 7.11 Å². The van der Waals surface area contributed by atoms with Gasteiger partial charge in [0.1, 0.15) is 0 Å². The van der Waals surface area contributed by atoms with Gasteiger partial charge in [-0.3, -0.25) is 0 Å². The lowest BCUT2D eigenvalue weighted by molar-refractivity contribution is -0.558. The molecule has 1 saturated carbocycles. The van der Waals surface area contributed by atoms with Crippen molar-refractivity contribution in [2.75, 3.05) is 7.11 Å². The average Bonchev–Trinajstić information content (AvgIpc) is 2.87. The summed E-state index contributed by atoms with van der Waals surface area (Å²) in [7, 11) is 1.57. The molecule has 25 heavy (non-hydrogen) atoms. The van der Waals surface area contributed by atoms with E-state index in [1.165, 1.54) is 12.1 Å². The fourth-order valence-electron chi connectivity index (χ4n) is 4.41. The maximum absolute atomic E-state index is 12.8. The summed E-state index contributed by atoms with van der Waals surface area (Å²) < 4.78 is 50.2. The minimum absolute atomic E-state index is 0.255. The Bertz CT molecular complexity index is 628. The third-order valence-electron chi connectivity index (χ3n) is 5.78. The number of alkyl halides is 3. The molecule has 3 heterocycles. The Kier molecular flexibility index (Phi) is 4.11. The predicted molar refractivity (Wildman–Crippen MR) is 81.1 cm³/mol. The number of benzene rings is 1. The van der Waals surface area contributed by atoms with E-state index >= 15 is 0 Å². The minimum Gasteiger partial charge on any atom is -0.353 e. The second kappa shape index (κ2) is 5.94. The first-order valence-electron chi connectivity index (χ1n) is 8.65. The van der Waals surface area contributed by atoms with Gasteiger partial charge in [-0.2, -0.15) is 18.1 Å². The van der Waals surface area contributed by atoms with Gasteiger partial charge in [0.2, 0.25) is 5.79 Å². The summed E-state index contributed by atoms with van der Waals surface area (Å²) in [6, 6.07) is 4.87. The average molecular weight is 358 g/mol. The van der Waals surface area contributed by atoms with Crippen LogP contribution in [-0.4, -0.2) is 19.0 Å². The van der Waals surface area contributed by atoms with Crippen LogP contribution in [0.5, 0.6) is 0 Å². The molecule has 3 saturated heterocycles. The molecule has 4 atom stereocenters. The topological polar surface area (TPSA) is 36.9 Å². The molecule has 1 spiro atoms. The molecule has 4 aliphatic rings. The van der Waals surface area contributed by atoms with Crippen molar-refractivity contribution in [1.82, 2.24) is 0 Å². The Hall–Kier alpha value is -1.15. The van der Waals surface area contributed by atoms with E-state index in [4.69, 9.17) is 19.2 Å². The zero-order valence-corrected chi connectivity index (χ0v) is 14.0. The van der Waals surface area contributed by atoms with Gasteiger partial charge in [-0.05, 0) is 37.3 Å². The van der Waals surface area contributed by atoms with Crippen LogP contribution < -0.4 is 0 Å². The van der Waals surface area contributed by atoms with Crippen LogP contribution in [0.1, 0.15) is 49.7 Å². The molecule has 138 valence electrons. The molecule has 0 radical (unpaired) electrons. The lowest BCUT2D eigenvalue weighted by atomic mass is 9.73. The summed E-state index contributed by atoms with van der Waals surface area (Å²) in [6.07, 6.45) is 0.297. The van der Waals surface area contributed by atoms with Crippen LogP contribution in [0.15, 0.2) is 24.3 Å². The summed E-state index contributed by atoms with van der Waals surface area (Å²) in [5.41, 5.74) is -0.818. The van der Waals surface area contributed by atoms with E-state index in [0.717, 1.165) is 44.2 Å². The predicted octanol–water partition coefficient (Wildman–Crippen LogP) is 4.53. The van der Waals surface area contributed by atoms with Crippen molar-refractivity contribution >= 4 is 0 Å². The molecule has 1 aromatic rings. The molecular formula is C18H21F3O4. The largest absolute Gasteiger partial charge is 0.416 e. The molecule has 1 unspecified atom stereocenters. The molecule has 5 rings (SSSR count). The molecule has 0 amide bonds. The second-order valence-electron chi connectivity index (χ2n) is 7.12. The van der Waals surface area contributed by atoms with Crippen LogP contribution in [0, 0.1) is 5.92 Å². The Labute approximate surface area is 144 Å². The molecule has 1 aromatic carbocycles. The normalized spacial score (nSPS) is 38.2. The van der Waals surface area contributed by atoms with Gasteiger partial charge in [0.25, 0.3) is 0 Å². The Morgan fingerprint density at radius 1 is 1.04 bits per heavy atom. The second-order valence-corrected chi connectivity index (χ2v) is 7.12. The Morgan fingerprint density at radius 2 is 1.80 bits per heavy atom.